The van der Waals surface area contributed by atoms with Crippen LogP contribution in [0.3, 0.4) is 0 Å². The molecular formula is C121H159N9O20. The highest BCUT2D eigenvalue weighted by Crippen LogP contribution is 2.47. The molecule has 4 amide bonds. The minimum atomic E-state index is -0.818. The zero-order chi connectivity index (χ0) is 107. The number of benzene rings is 8. The molecule has 29 nitrogen and oxygen atoms in total. The lowest BCUT2D eigenvalue weighted by atomic mass is 9.83. The summed E-state index contributed by atoms with van der Waals surface area (Å²) in [7, 11) is 9.89. The van der Waals surface area contributed by atoms with Gasteiger partial charge in [-0.05, 0) is 238 Å². The number of likely N-dealkylation sites (N-methyl/N-ethyl adjacent to an activating group) is 1. The lowest BCUT2D eigenvalue weighted by Gasteiger charge is -2.29. The van der Waals surface area contributed by atoms with Crippen LogP contribution in [0.25, 0.3) is 0 Å². The van der Waals surface area contributed by atoms with Gasteiger partial charge in [0.2, 0.25) is 23.6 Å². The lowest BCUT2D eigenvalue weighted by molar-refractivity contribution is -0.144. The van der Waals surface area contributed by atoms with E-state index in [9.17, 15) is 58.8 Å². The van der Waals surface area contributed by atoms with Crippen LogP contribution in [0.15, 0.2) is 207 Å². The summed E-state index contributed by atoms with van der Waals surface area (Å²) in [5.41, 5.74) is 11.4. The molecule has 12 atom stereocenters. The molecule has 0 spiro atoms. The molecule has 1 aromatic heterocycles. The predicted molar refractivity (Wildman–Crippen MR) is 582 cm³/mol. The summed E-state index contributed by atoms with van der Waals surface area (Å²) in [6.07, 6.45) is 21.9. The van der Waals surface area contributed by atoms with E-state index in [1.54, 1.807) is 60.0 Å². The van der Waals surface area contributed by atoms with Crippen molar-refractivity contribution in [2.45, 2.75) is 224 Å². The fraction of sp³-hybridized carbons (Fsp3) is 0.496. The number of carboxylic acid groups (broad SMARTS) is 4. The second kappa shape index (κ2) is 59.5. The molecule has 0 radical (unpaired) electrons. The number of carbonyl (C=O) groups excluding carboxylic acids is 4. The van der Waals surface area contributed by atoms with Gasteiger partial charge in [-0.2, -0.15) is 0 Å². The van der Waals surface area contributed by atoms with Crippen LogP contribution >= 0.6 is 0 Å². The number of likely N-dealkylation sites (tertiary alicyclic amines) is 4. The molecule has 0 bridgehead atoms. The standard InChI is InChI=1S/C34H41N3O5.C31H42N2O5.2C28H38N2O5/c1-3-4-18-37(27-11-8-17-35-21-27)32(38)23-36-22-28(25-14-15-31-26(20-25)16-19-42-31)33(34(39)40)29(36)12-7-10-24-9-5-6-13-30(24)41-2;1-4-6-17-32(5-2)29(34)21-33-20-25(23-14-15-28-24(19-23)16-18-38-28)30(31(35)36)26(33)12-9-11-22-10-7-8-13-27(22)37-3;2*1-4-5-17-29-26(31)19-30-18-23(20-13-15-22(34-2)16-14-20)27(28(32)33)24(30)11-8-10-21-9-6-7-12-25(21)35-3/h5-6,8-9,11,13-15,17,20-21,28-29,33H,3-4,7,10,12,16,18-19,22-23H2,1-2H3,(H,39,40);7-8,10,13-15,19,25-26,30H,4-6,9,11-12,16-18,20-21H2,1-3H3,(H,35,36);2*6-7,9,12-16,23-24,27H,4-5,8,10-11,17-19H2,1-3H3,(H,29,31)(H,32,33)/t28-,29+,33-;25-,26+,30-;2*23-,24+,27-/m1111/s1. The number of anilines is 1. The maximum Gasteiger partial charge on any atom is 0.308 e. The molecule has 0 saturated carbocycles. The summed E-state index contributed by atoms with van der Waals surface area (Å²) >= 11 is 0. The predicted octanol–water partition coefficient (Wildman–Crippen LogP) is 18.3. The third-order valence-electron chi connectivity index (χ3n) is 30.6. The zero-order valence-corrected chi connectivity index (χ0v) is 89.7. The van der Waals surface area contributed by atoms with E-state index in [4.69, 9.17) is 37.9 Å². The lowest BCUT2D eigenvalue weighted by Crippen LogP contribution is -2.44. The summed E-state index contributed by atoms with van der Waals surface area (Å²) in [5.74, 6) is 0.175. The van der Waals surface area contributed by atoms with E-state index in [1.165, 1.54) is 0 Å². The SMILES string of the molecule is CCCCN(C(=O)CN1C[C@H](c2ccc3c(c2)CCO3)[C@@H](C(=O)O)[C@@H]1CCCc1ccccc1OC)c1cccnc1.CCCCN(CC)C(=O)CN1C[C@H](c2ccc3c(c2)CCO3)[C@@H](C(=O)O)[C@@H]1CCCc1ccccc1OC.CCCCNC(=O)CN1C[C@H](c2ccc(OC)cc2)[C@@H](C(=O)O)[C@@H]1CCCc1ccccc1OC.CCCCNC(=O)CN1C[C@H](c2ccc(OC)cc2)[C@@H](C(=O)O)[C@@H]1CCCc1ccccc1OC. The van der Waals surface area contributed by atoms with Crippen LogP contribution in [0.4, 0.5) is 5.69 Å². The van der Waals surface area contributed by atoms with Gasteiger partial charge in [-0.25, -0.2) is 0 Å². The Balaban J connectivity index is 0.000000178. The second-order valence-corrected chi connectivity index (χ2v) is 40.0. The van der Waals surface area contributed by atoms with Gasteiger partial charge in [0.05, 0.1) is 118 Å². The number of nitrogens with one attached hydrogen (secondary N) is 2. The summed E-state index contributed by atoms with van der Waals surface area (Å²) in [6.45, 7) is 18.0. The van der Waals surface area contributed by atoms with E-state index >= 15 is 0 Å². The maximum atomic E-state index is 13.9. The van der Waals surface area contributed by atoms with E-state index in [0.717, 1.165) is 229 Å². The third kappa shape index (κ3) is 31.5. The van der Waals surface area contributed by atoms with Crippen molar-refractivity contribution in [1.82, 2.24) is 40.1 Å². The number of hydrogen-bond acceptors (Lipinski definition) is 21. The van der Waals surface area contributed by atoms with Crippen molar-refractivity contribution in [3.05, 3.63) is 262 Å². The minimum absolute atomic E-state index is 0.0293. The first-order valence-electron chi connectivity index (χ1n) is 54.1. The van der Waals surface area contributed by atoms with Crippen LogP contribution in [-0.2, 0) is 76.9 Å². The van der Waals surface area contributed by atoms with Crippen molar-refractivity contribution in [2.75, 3.05) is 146 Å². The molecule has 6 aliphatic rings. The molecule has 15 rings (SSSR count). The van der Waals surface area contributed by atoms with Crippen molar-refractivity contribution in [3.63, 3.8) is 0 Å². The fourth-order valence-corrected chi connectivity index (χ4v) is 22.8. The number of aliphatic carboxylic acids is 4. The average Bonchev–Trinajstić information content (AvgIpc) is 1.64. The molecule has 9 aromatic rings. The van der Waals surface area contributed by atoms with Gasteiger partial charge >= 0.3 is 23.9 Å². The van der Waals surface area contributed by atoms with E-state index in [1.807, 2.05) is 182 Å². The topological polar surface area (TPSA) is 348 Å². The molecule has 0 unspecified atom stereocenters. The number of para-hydroxylation sites is 4. The third-order valence-corrected chi connectivity index (χ3v) is 30.6. The molecule has 7 heterocycles. The van der Waals surface area contributed by atoms with Crippen LogP contribution in [-0.4, -0.2) is 263 Å². The van der Waals surface area contributed by atoms with Crippen LogP contribution in [0.5, 0.6) is 46.0 Å². The van der Waals surface area contributed by atoms with Crippen LogP contribution in [0.2, 0.25) is 0 Å². The monoisotopic (exact) mass is 2060 g/mol. The van der Waals surface area contributed by atoms with Crippen LogP contribution < -0.4 is 53.4 Å². The number of ether oxygens (including phenoxy) is 8. The van der Waals surface area contributed by atoms with Crippen molar-refractivity contribution < 1.29 is 96.7 Å². The molecular weight excluding hydrogens is 1900 g/mol. The van der Waals surface area contributed by atoms with Crippen molar-refractivity contribution in [2.24, 2.45) is 23.7 Å². The van der Waals surface area contributed by atoms with Gasteiger partial charge in [0.25, 0.3) is 0 Å². The molecule has 6 aliphatic heterocycles. The Morgan fingerprint density at radius 1 is 0.367 bits per heavy atom. The van der Waals surface area contributed by atoms with E-state index < -0.39 is 47.5 Å². The summed E-state index contributed by atoms with van der Waals surface area (Å²) in [5, 5.41) is 47.5. The average molecular weight is 2060 g/mol. The minimum Gasteiger partial charge on any atom is -0.497 e. The first kappa shape index (κ1) is 116. The highest BCUT2D eigenvalue weighted by molar-refractivity contribution is 5.95. The molecule has 6 N–H and O–H groups in total. The quantitative estimate of drug-likeness (QED) is 0.0193. The van der Waals surface area contributed by atoms with Crippen LogP contribution in [0, 0.1) is 23.7 Å². The van der Waals surface area contributed by atoms with E-state index in [-0.39, 0.29) is 97.6 Å². The largest absolute Gasteiger partial charge is 0.497 e. The van der Waals surface area contributed by atoms with Crippen molar-refractivity contribution >= 4 is 53.2 Å². The van der Waals surface area contributed by atoms with Gasteiger partial charge in [-0.3, -0.25) is 62.9 Å². The number of carboxylic acids is 4. The molecule has 150 heavy (non-hydrogen) atoms. The highest BCUT2D eigenvalue weighted by atomic mass is 16.5. The Hall–Kier alpha value is -13.1. The molecule has 4 saturated heterocycles. The van der Waals surface area contributed by atoms with Gasteiger partial charge < -0.3 is 78.8 Å². The second-order valence-electron chi connectivity index (χ2n) is 40.0. The summed E-state index contributed by atoms with van der Waals surface area (Å²) in [4.78, 5) is 120. The number of aromatic nitrogens is 1. The number of nitrogens with zero attached hydrogens (tertiary/aromatic N) is 7. The van der Waals surface area contributed by atoms with Gasteiger partial charge in [0, 0.05) is 126 Å². The first-order valence-corrected chi connectivity index (χ1v) is 54.1. The molecule has 8 aromatic carbocycles. The Bertz CT molecular complexity index is 5620. The van der Waals surface area contributed by atoms with Gasteiger partial charge in [0.15, 0.2) is 0 Å². The number of rotatable bonds is 52. The molecule has 808 valence electrons. The number of hydrogen-bond donors (Lipinski definition) is 6. The normalized spacial score (nSPS) is 20.0. The fourth-order valence-electron chi connectivity index (χ4n) is 22.8. The number of pyridine rings is 1. The highest BCUT2D eigenvalue weighted by Gasteiger charge is 2.52. The summed E-state index contributed by atoms with van der Waals surface area (Å²) < 4.78 is 43.9. The summed E-state index contributed by atoms with van der Waals surface area (Å²) in [6, 6.07) is 62.0. The maximum absolute atomic E-state index is 13.9. The number of aryl methyl sites for hydroxylation is 4. The first-order chi connectivity index (χ1) is 72.9. The smallest absolute Gasteiger partial charge is 0.308 e. The molecule has 4 fully saturated rings. The number of methoxy groups -OCH3 is 6. The Labute approximate surface area is 886 Å². The van der Waals surface area contributed by atoms with E-state index in [2.05, 4.69) is 87.2 Å². The zero-order valence-electron chi connectivity index (χ0n) is 89.7. The number of unbranched alkanes of at least 4 members (excludes halogenated alkanes) is 4. The van der Waals surface area contributed by atoms with E-state index in [0.29, 0.717) is 91.3 Å². The number of carbonyl (C=O) groups is 8. The molecule has 0 aliphatic carbocycles. The van der Waals surface area contributed by atoms with Crippen molar-refractivity contribution in [1.29, 1.82) is 0 Å². The number of amides is 4. The van der Waals surface area contributed by atoms with Gasteiger partial charge in [-0.15, -0.1) is 0 Å². The molecule has 29 heteroatoms. The van der Waals surface area contributed by atoms with Crippen LogP contribution in [0.1, 0.15) is 217 Å². The Morgan fingerprint density at radius 2 is 0.693 bits per heavy atom. The number of fused-ring (bicyclic) bond motifs is 2. The van der Waals surface area contributed by atoms with Gasteiger partial charge in [0.1, 0.15) is 46.0 Å². The Morgan fingerprint density at radius 3 is 1.01 bits per heavy atom. The van der Waals surface area contributed by atoms with Gasteiger partial charge in [-0.1, -0.05) is 175 Å². The Kier molecular flexibility index (Phi) is 45.8. The van der Waals surface area contributed by atoms with Crippen molar-refractivity contribution in [3.8, 4) is 46.0 Å².